The van der Waals surface area contributed by atoms with Crippen molar-refractivity contribution in [2.24, 2.45) is 0 Å². The SMILES string of the molecule is CCN(CC)S(=O)(=O)c1cc(NC(=O)Cc2c(C)[nH]c3ccccc23)ccc1Cl. The van der Waals surface area contributed by atoms with Gasteiger partial charge in [0.25, 0.3) is 0 Å². The quantitative estimate of drug-likeness (QED) is 0.581. The number of sulfonamides is 1. The van der Waals surface area contributed by atoms with Gasteiger partial charge in [-0.15, -0.1) is 0 Å². The van der Waals surface area contributed by atoms with Gasteiger partial charge in [-0.2, -0.15) is 4.31 Å². The van der Waals surface area contributed by atoms with Crippen molar-refractivity contribution in [3.63, 3.8) is 0 Å². The van der Waals surface area contributed by atoms with Gasteiger partial charge in [-0.1, -0.05) is 43.6 Å². The van der Waals surface area contributed by atoms with Gasteiger partial charge in [-0.05, 0) is 36.8 Å². The molecule has 8 heteroatoms. The number of carbonyl (C=O) groups excluding carboxylic acids is 1. The van der Waals surface area contributed by atoms with Crippen molar-refractivity contribution in [2.75, 3.05) is 18.4 Å². The Morgan fingerprint density at radius 3 is 2.52 bits per heavy atom. The number of hydrogen-bond acceptors (Lipinski definition) is 3. The van der Waals surface area contributed by atoms with Crippen LogP contribution in [0.2, 0.25) is 5.02 Å². The Labute approximate surface area is 175 Å². The van der Waals surface area contributed by atoms with E-state index in [9.17, 15) is 13.2 Å². The Hall–Kier alpha value is -2.35. The van der Waals surface area contributed by atoms with Crippen molar-refractivity contribution in [1.82, 2.24) is 9.29 Å². The van der Waals surface area contributed by atoms with E-state index in [1.54, 1.807) is 19.9 Å². The predicted molar refractivity (Wildman–Crippen MR) is 117 cm³/mol. The molecule has 2 aromatic carbocycles. The van der Waals surface area contributed by atoms with Crippen molar-refractivity contribution >= 4 is 44.1 Å². The molecule has 0 saturated carbocycles. The van der Waals surface area contributed by atoms with E-state index in [4.69, 9.17) is 11.6 Å². The van der Waals surface area contributed by atoms with Gasteiger partial charge in [0.1, 0.15) is 4.90 Å². The van der Waals surface area contributed by atoms with E-state index < -0.39 is 10.0 Å². The van der Waals surface area contributed by atoms with Crippen LogP contribution in [-0.4, -0.2) is 36.7 Å². The van der Waals surface area contributed by atoms with E-state index in [1.165, 1.54) is 16.4 Å². The number of nitrogens with one attached hydrogen (secondary N) is 2. The van der Waals surface area contributed by atoms with Crippen LogP contribution in [0.4, 0.5) is 5.69 Å². The molecule has 0 saturated heterocycles. The third kappa shape index (κ3) is 4.32. The molecule has 0 atom stereocenters. The second kappa shape index (κ2) is 8.57. The van der Waals surface area contributed by atoms with Crippen LogP contribution in [0.15, 0.2) is 47.4 Å². The average Bonchev–Trinajstić information content (AvgIpc) is 2.99. The van der Waals surface area contributed by atoms with Gasteiger partial charge in [-0.3, -0.25) is 4.79 Å². The number of aromatic amines is 1. The summed E-state index contributed by atoms with van der Waals surface area (Å²) in [6.45, 7) is 6.14. The molecule has 0 radical (unpaired) electrons. The zero-order valence-electron chi connectivity index (χ0n) is 16.6. The average molecular weight is 434 g/mol. The van der Waals surface area contributed by atoms with Gasteiger partial charge in [0, 0.05) is 35.4 Å². The Morgan fingerprint density at radius 2 is 1.83 bits per heavy atom. The fourth-order valence-electron chi connectivity index (χ4n) is 3.41. The van der Waals surface area contributed by atoms with Gasteiger partial charge in [0.2, 0.25) is 15.9 Å². The van der Waals surface area contributed by atoms with Crippen molar-refractivity contribution in [3.8, 4) is 0 Å². The molecule has 29 heavy (non-hydrogen) atoms. The van der Waals surface area contributed by atoms with E-state index in [2.05, 4.69) is 10.3 Å². The molecule has 3 aromatic rings. The second-order valence-corrected chi connectivity index (χ2v) is 9.05. The molecule has 3 rings (SSSR count). The number of benzene rings is 2. The summed E-state index contributed by atoms with van der Waals surface area (Å²) in [4.78, 5) is 15.9. The molecule has 154 valence electrons. The zero-order chi connectivity index (χ0) is 21.2. The zero-order valence-corrected chi connectivity index (χ0v) is 18.2. The molecule has 1 aromatic heterocycles. The first-order valence-corrected chi connectivity index (χ1v) is 11.3. The Morgan fingerprint density at radius 1 is 1.14 bits per heavy atom. The predicted octanol–water partition coefficient (Wildman–Crippen LogP) is 4.34. The molecule has 0 aliphatic carbocycles. The summed E-state index contributed by atoms with van der Waals surface area (Å²) in [6, 6.07) is 12.3. The molecule has 6 nitrogen and oxygen atoms in total. The lowest BCUT2D eigenvalue weighted by atomic mass is 10.1. The fraction of sp³-hybridized carbons (Fsp3) is 0.286. The fourth-order valence-corrected chi connectivity index (χ4v) is 5.37. The molecule has 0 fully saturated rings. The summed E-state index contributed by atoms with van der Waals surface area (Å²) in [5.74, 6) is -0.230. The van der Waals surface area contributed by atoms with Crippen LogP contribution in [0.1, 0.15) is 25.1 Å². The highest BCUT2D eigenvalue weighted by atomic mass is 35.5. The van der Waals surface area contributed by atoms with E-state index in [1.807, 2.05) is 31.2 Å². The molecule has 0 bridgehead atoms. The number of halogens is 1. The van der Waals surface area contributed by atoms with Crippen LogP contribution in [0.5, 0.6) is 0 Å². The lowest BCUT2D eigenvalue weighted by Gasteiger charge is -2.19. The Bertz CT molecular complexity index is 1150. The van der Waals surface area contributed by atoms with Crippen molar-refractivity contribution in [1.29, 1.82) is 0 Å². The number of aromatic nitrogens is 1. The van der Waals surface area contributed by atoms with Crippen LogP contribution < -0.4 is 5.32 Å². The molecular weight excluding hydrogens is 410 g/mol. The van der Waals surface area contributed by atoms with Crippen LogP contribution in [0.3, 0.4) is 0 Å². The lowest BCUT2D eigenvalue weighted by Crippen LogP contribution is -2.31. The maximum absolute atomic E-state index is 12.8. The van der Waals surface area contributed by atoms with Crippen LogP contribution >= 0.6 is 11.6 Å². The molecule has 0 spiro atoms. The number of anilines is 1. The lowest BCUT2D eigenvalue weighted by molar-refractivity contribution is -0.115. The highest BCUT2D eigenvalue weighted by Crippen LogP contribution is 2.28. The van der Waals surface area contributed by atoms with Crippen molar-refractivity contribution < 1.29 is 13.2 Å². The van der Waals surface area contributed by atoms with E-state index in [0.717, 1.165) is 22.2 Å². The van der Waals surface area contributed by atoms with Gasteiger partial charge in [-0.25, -0.2) is 8.42 Å². The first-order valence-electron chi connectivity index (χ1n) is 9.43. The number of aryl methyl sites for hydroxylation is 1. The van der Waals surface area contributed by atoms with E-state index >= 15 is 0 Å². The molecule has 0 aliphatic rings. The van der Waals surface area contributed by atoms with Gasteiger partial charge in [0.15, 0.2) is 0 Å². The third-order valence-electron chi connectivity index (χ3n) is 4.90. The number of nitrogens with zero attached hydrogens (tertiary/aromatic N) is 1. The molecule has 0 unspecified atom stereocenters. The van der Waals surface area contributed by atoms with Gasteiger partial charge in [0.05, 0.1) is 11.4 Å². The Balaban J connectivity index is 1.85. The summed E-state index contributed by atoms with van der Waals surface area (Å²) >= 11 is 6.15. The summed E-state index contributed by atoms with van der Waals surface area (Å²) in [7, 11) is -3.73. The highest BCUT2D eigenvalue weighted by Gasteiger charge is 2.25. The third-order valence-corrected chi connectivity index (χ3v) is 7.43. The topological polar surface area (TPSA) is 82.3 Å². The van der Waals surface area contributed by atoms with Gasteiger partial charge < -0.3 is 10.3 Å². The Kier molecular flexibility index (Phi) is 6.31. The van der Waals surface area contributed by atoms with Crippen molar-refractivity contribution in [2.45, 2.75) is 32.1 Å². The summed E-state index contributed by atoms with van der Waals surface area (Å²) in [6.07, 6.45) is 0.177. The maximum atomic E-state index is 12.8. The van der Waals surface area contributed by atoms with Gasteiger partial charge >= 0.3 is 0 Å². The number of para-hydroxylation sites is 1. The first kappa shape index (κ1) is 21.4. The standard InChI is InChI=1S/C21H24ClN3O3S/c1-4-25(5-2)29(27,28)20-12-15(10-11-18(20)22)24-21(26)13-17-14(3)23-19-9-7-6-8-16(17)19/h6-12,23H,4-5,13H2,1-3H3,(H,24,26). The smallest absolute Gasteiger partial charge is 0.244 e. The number of carbonyl (C=O) groups is 1. The number of amides is 1. The monoisotopic (exact) mass is 433 g/mol. The minimum atomic E-state index is -3.73. The van der Waals surface area contributed by atoms with Crippen LogP contribution in [0, 0.1) is 6.92 Å². The first-order chi connectivity index (χ1) is 13.8. The maximum Gasteiger partial charge on any atom is 0.244 e. The largest absolute Gasteiger partial charge is 0.358 e. The van der Waals surface area contributed by atoms with E-state index in [-0.39, 0.29) is 22.2 Å². The van der Waals surface area contributed by atoms with E-state index in [0.29, 0.717) is 18.8 Å². The summed E-state index contributed by atoms with van der Waals surface area (Å²) in [5, 5.41) is 3.92. The number of hydrogen-bond donors (Lipinski definition) is 2. The molecule has 2 N–H and O–H groups in total. The van der Waals surface area contributed by atoms with Crippen LogP contribution in [0.25, 0.3) is 10.9 Å². The highest BCUT2D eigenvalue weighted by molar-refractivity contribution is 7.89. The number of H-pyrrole nitrogens is 1. The minimum Gasteiger partial charge on any atom is -0.358 e. The summed E-state index contributed by atoms with van der Waals surface area (Å²) in [5.41, 5.74) is 3.22. The molecule has 1 amide bonds. The van der Waals surface area contributed by atoms with Crippen LogP contribution in [-0.2, 0) is 21.2 Å². The second-order valence-electron chi connectivity index (χ2n) is 6.73. The number of rotatable bonds is 7. The minimum absolute atomic E-state index is 0.0102. The summed E-state index contributed by atoms with van der Waals surface area (Å²) < 4.78 is 27.0. The number of fused-ring (bicyclic) bond motifs is 1. The molecular formula is C21H24ClN3O3S. The normalized spacial score (nSPS) is 11.9. The molecule has 1 heterocycles. The molecule has 0 aliphatic heterocycles. The van der Waals surface area contributed by atoms with Crippen molar-refractivity contribution in [3.05, 3.63) is 58.7 Å².